The van der Waals surface area contributed by atoms with E-state index in [9.17, 15) is 14.7 Å². The molecular weight excluding hydrogens is 458 g/mol. The molecule has 1 aromatic heterocycles. The third kappa shape index (κ3) is 5.43. The monoisotopic (exact) mass is 489 g/mol. The van der Waals surface area contributed by atoms with Crippen molar-refractivity contribution in [2.75, 3.05) is 19.8 Å². The van der Waals surface area contributed by atoms with Crippen LogP contribution in [0.1, 0.15) is 43.9 Å². The lowest BCUT2D eigenvalue weighted by Crippen LogP contribution is -2.31. The molecule has 8 nitrogen and oxygen atoms in total. The standard InChI is InChI=1S/C28H31N3O5/c1-3-18-36-23-10-6-20(7-11-23)25-24(26(32)21-8-12-22(13-9-21)35-4-2)27(33)28(34)31(25)16-5-15-30-17-14-29-19-30/h6-14,17,19,25,32H,3-5,15-16,18H2,1-2H3/t25-/m1/s1. The van der Waals surface area contributed by atoms with Crippen molar-refractivity contribution in [3.05, 3.63) is 84.0 Å². The summed E-state index contributed by atoms with van der Waals surface area (Å²) in [7, 11) is 0. The molecule has 1 fully saturated rings. The number of benzene rings is 2. The number of ketones is 1. The Hall–Kier alpha value is -4.07. The predicted molar refractivity (Wildman–Crippen MR) is 136 cm³/mol. The maximum atomic E-state index is 13.2. The number of rotatable bonds is 11. The van der Waals surface area contributed by atoms with Crippen molar-refractivity contribution >= 4 is 17.4 Å². The van der Waals surface area contributed by atoms with Crippen molar-refractivity contribution in [2.45, 2.75) is 39.3 Å². The molecule has 0 saturated carbocycles. The van der Waals surface area contributed by atoms with Crippen LogP contribution >= 0.6 is 0 Å². The minimum Gasteiger partial charge on any atom is -0.507 e. The fraction of sp³-hybridized carbons (Fsp3) is 0.321. The van der Waals surface area contributed by atoms with Gasteiger partial charge < -0.3 is 24.0 Å². The highest BCUT2D eigenvalue weighted by Crippen LogP contribution is 2.40. The van der Waals surface area contributed by atoms with E-state index < -0.39 is 17.7 Å². The molecule has 8 heteroatoms. The van der Waals surface area contributed by atoms with Gasteiger partial charge in [-0.2, -0.15) is 0 Å². The van der Waals surface area contributed by atoms with Crippen molar-refractivity contribution in [3.63, 3.8) is 0 Å². The number of nitrogens with zero attached hydrogens (tertiary/aromatic N) is 3. The van der Waals surface area contributed by atoms with Crippen molar-refractivity contribution < 1.29 is 24.2 Å². The number of likely N-dealkylation sites (tertiary alicyclic amines) is 1. The first-order chi connectivity index (χ1) is 17.5. The van der Waals surface area contributed by atoms with Crippen LogP contribution in [0.3, 0.4) is 0 Å². The molecule has 188 valence electrons. The Morgan fingerprint density at radius 3 is 2.31 bits per heavy atom. The van der Waals surface area contributed by atoms with E-state index in [0.29, 0.717) is 49.8 Å². The molecule has 1 amide bonds. The molecule has 2 heterocycles. The van der Waals surface area contributed by atoms with Gasteiger partial charge in [0.2, 0.25) is 0 Å². The fourth-order valence-electron chi connectivity index (χ4n) is 4.30. The molecule has 0 aliphatic carbocycles. The zero-order valence-electron chi connectivity index (χ0n) is 20.6. The minimum atomic E-state index is -0.709. The van der Waals surface area contributed by atoms with Crippen LogP contribution in [0.2, 0.25) is 0 Å². The molecule has 1 aliphatic heterocycles. The maximum absolute atomic E-state index is 13.2. The maximum Gasteiger partial charge on any atom is 0.295 e. The molecule has 0 unspecified atom stereocenters. The number of Topliss-reactive ketones (excluding diaryl/α,β-unsaturated/α-hetero) is 1. The van der Waals surface area contributed by atoms with Gasteiger partial charge in [-0.15, -0.1) is 0 Å². The van der Waals surface area contributed by atoms with Crippen molar-refractivity contribution in [2.24, 2.45) is 0 Å². The number of hydrogen-bond acceptors (Lipinski definition) is 6. The average Bonchev–Trinajstić information content (AvgIpc) is 3.50. The number of imidazole rings is 1. The van der Waals surface area contributed by atoms with Crippen molar-refractivity contribution in [1.82, 2.24) is 14.5 Å². The number of carbonyl (C=O) groups is 2. The molecule has 1 saturated heterocycles. The molecule has 1 atom stereocenters. The molecule has 4 rings (SSSR count). The van der Waals surface area contributed by atoms with Gasteiger partial charge in [0.25, 0.3) is 11.7 Å². The lowest BCUT2D eigenvalue weighted by atomic mass is 9.95. The number of amides is 1. The van der Waals surface area contributed by atoms with E-state index in [4.69, 9.17) is 9.47 Å². The van der Waals surface area contributed by atoms with Gasteiger partial charge in [0.15, 0.2) is 0 Å². The first-order valence-electron chi connectivity index (χ1n) is 12.2. The summed E-state index contributed by atoms with van der Waals surface area (Å²) in [6.45, 7) is 6.05. The van der Waals surface area contributed by atoms with Gasteiger partial charge in [0.1, 0.15) is 17.3 Å². The van der Waals surface area contributed by atoms with E-state index in [1.807, 2.05) is 48.9 Å². The molecule has 1 aliphatic rings. The average molecular weight is 490 g/mol. The van der Waals surface area contributed by atoms with Crippen molar-refractivity contribution in [1.29, 1.82) is 0 Å². The summed E-state index contributed by atoms with van der Waals surface area (Å²) in [6, 6.07) is 13.5. The summed E-state index contributed by atoms with van der Waals surface area (Å²) in [5.74, 6) is -0.146. The van der Waals surface area contributed by atoms with Crippen LogP contribution in [-0.4, -0.2) is 51.0 Å². The third-order valence-electron chi connectivity index (χ3n) is 6.02. The van der Waals surface area contributed by atoms with Crippen molar-refractivity contribution in [3.8, 4) is 11.5 Å². The molecule has 36 heavy (non-hydrogen) atoms. The molecule has 1 N–H and O–H groups in total. The zero-order valence-corrected chi connectivity index (χ0v) is 20.6. The number of aryl methyl sites for hydroxylation is 1. The molecule has 0 bridgehead atoms. The van der Waals surface area contributed by atoms with E-state index in [2.05, 4.69) is 4.98 Å². The van der Waals surface area contributed by atoms with Crippen LogP contribution in [0.4, 0.5) is 0 Å². The number of ether oxygens (including phenoxy) is 2. The van der Waals surface area contributed by atoms with Gasteiger partial charge >= 0.3 is 0 Å². The predicted octanol–water partition coefficient (Wildman–Crippen LogP) is 4.58. The quantitative estimate of drug-likeness (QED) is 0.241. The SMILES string of the molecule is CCCOc1ccc([C@@H]2C(=C(O)c3ccc(OCC)cc3)C(=O)C(=O)N2CCCn2ccnc2)cc1. The lowest BCUT2D eigenvalue weighted by molar-refractivity contribution is -0.139. The molecule has 3 aromatic rings. The Balaban J connectivity index is 1.68. The van der Waals surface area contributed by atoms with Crippen LogP contribution in [-0.2, 0) is 16.1 Å². The Labute approximate surface area is 210 Å². The van der Waals surface area contributed by atoms with E-state index in [0.717, 1.165) is 12.0 Å². The summed E-state index contributed by atoms with van der Waals surface area (Å²) >= 11 is 0. The van der Waals surface area contributed by atoms with E-state index in [-0.39, 0.29) is 11.3 Å². The number of aliphatic hydroxyl groups excluding tert-OH is 1. The normalized spacial score (nSPS) is 16.9. The van der Waals surface area contributed by atoms with E-state index in [1.54, 1.807) is 41.7 Å². The van der Waals surface area contributed by atoms with Gasteiger partial charge in [-0.05, 0) is 61.7 Å². The van der Waals surface area contributed by atoms with Gasteiger partial charge in [0, 0.05) is 31.0 Å². The molecular formula is C28H31N3O5. The number of carbonyl (C=O) groups excluding carboxylic acids is 2. The first kappa shape index (κ1) is 25.0. The van der Waals surface area contributed by atoms with Gasteiger partial charge in [-0.25, -0.2) is 4.98 Å². The topological polar surface area (TPSA) is 93.9 Å². The molecule has 0 radical (unpaired) electrons. The second kappa shape index (κ2) is 11.6. The number of hydrogen-bond donors (Lipinski definition) is 1. The van der Waals surface area contributed by atoms with Crippen LogP contribution in [0.25, 0.3) is 5.76 Å². The van der Waals surface area contributed by atoms with Crippen LogP contribution < -0.4 is 9.47 Å². The fourth-order valence-corrected chi connectivity index (χ4v) is 4.30. The second-order valence-electron chi connectivity index (χ2n) is 8.52. The summed E-state index contributed by atoms with van der Waals surface area (Å²) in [4.78, 5) is 31.9. The van der Waals surface area contributed by atoms with E-state index in [1.165, 1.54) is 0 Å². The molecule has 0 spiro atoms. The third-order valence-corrected chi connectivity index (χ3v) is 6.02. The van der Waals surface area contributed by atoms with Crippen LogP contribution in [0.5, 0.6) is 11.5 Å². The number of aromatic nitrogens is 2. The largest absolute Gasteiger partial charge is 0.507 e. The highest BCUT2D eigenvalue weighted by molar-refractivity contribution is 6.46. The Morgan fingerprint density at radius 1 is 0.972 bits per heavy atom. The van der Waals surface area contributed by atoms with Crippen LogP contribution in [0, 0.1) is 0 Å². The van der Waals surface area contributed by atoms with Gasteiger partial charge in [0.05, 0.1) is 31.2 Å². The van der Waals surface area contributed by atoms with Gasteiger partial charge in [-0.3, -0.25) is 9.59 Å². The summed E-state index contributed by atoms with van der Waals surface area (Å²) < 4.78 is 13.1. The first-order valence-corrected chi connectivity index (χ1v) is 12.2. The summed E-state index contributed by atoms with van der Waals surface area (Å²) in [5, 5.41) is 11.2. The van der Waals surface area contributed by atoms with Gasteiger partial charge in [-0.1, -0.05) is 19.1 Å². The number of aliphatic hydroxyl groups is 1. The highest BCUT2D eigenvalue weighted by atomic mass is 16.5. The Bertz CT molecular complexity index is 1200. The second-order valence-corrected chi connectivity index (χ2v) is 8.52. The molecule has 2 aromatic carbocycles. The van der Waals surface area contributed by atoms with Crippen LogP contribution in [0.15, 0.2) is 72.8 Å². The summed E-state index contributed by atoms with van der Waals surface area (Å²) in [6.07, 6.45) is 6.78. The Morgan fingerprint density at radius 2 is 1.67 bits per heavy atom. The lowest BCUT2D eigenvalue weighted by Gasteiger charge is -2.25. The minimum absolute atomic E-state index is 0.0778. The zero-order chi connectivity index (χ0) is 25.5. The van der Waals surface area contributed by atoms with E-state index >= 15 is 0 Å². The highest BCUT2D eigenvalue weighted by Gasteiger charge is 2.45. The smallest absolute Gasteiger partial charge is 0.295 e. The Kier molecular flexibility index (Phi) is 8.05. The summed E-state index contributed by atoms with van der Waals surface area (Å²) in [5.41, 5.74) is 1.25.